The highest BCUT2D eigenvalue weighted by Crippen LogP contribution is 2.39. The van der Waals surface area contributed by atoms with Crippen LogP contribution in [0.25, 0.3) is 0 Å². The van der Waals surface area contributed by atoms with Gasteiger partial charge in [0.05, 0.1) is 0 Å². The smallest absolute Gasteiger partial charge is 0.410 e. The molecule has 19 heavy (non-hydrogen) atoms. The number of carbonyl (C=O) groups excluding carboxylic acids is 1. The SMILES string of the molecule is CN1CCC2(CC1)CN(C(=O)OC(C)(C)C)CC2N. The number of piperidine rings is 1. The van der Waals surface area contributed by atoms with E-state index in [1.165, 1.54) is 0 Å². The lowest BCUT2D eigenvalue weighted by atomic mass is 9.75. The first-order chi connectivity index (χ1) is 8.72. The van der Waals surface area contributed by atoms with Crippen molar-refractivity contribution in [3.8, 4) is 0 Å². The average molecular weight is 269 g/mol. The Morgan fingerprint density at radius 2 is 1.89 bits per heavy atom. The molecule has 5 nitrogen and oxygen atoms in total. The predicted molar refractivity (Wildman–Crippen MR) is 74.9 cm³/mol. The Kier molecular flexibility index (Phi) is 3.80. The normalized spacial score (nSPS) is 27.8. The molecule has 1 unspecified atom stereocenters. The molecule has 110 valence electrons. The van der Waals surface area contributed by atoms with Crippen LogP contribution in [0, 0.1) is 5.41 Å². The summed E-state index contributed by atoms with van der Waals surface area (Å²) in [5.41, 5.74) is 5.97. The quantitative estimate of drug-likeness (QED) is 0.719. The van der Waals surface area contributed by atoms with Gasteiger partial charge in [-0.2, -0.15) is 0 Å². The molecule has 2 N–H and O–H groups in total. The second-order valence-corrected chi connectivity index (χ2v) is 7.13. The molecule has 0 bridgehead atoms. The first-order valence-corrected chi connectivity index (χ1v) is 7.14. The van der Waals surface area contributed by atoms with E-state index in [9.17, 15) is 4.79 Å². The highest BCUT2D eigenvalue weighted by atomic mass is 16.6. The highest BCUT2D eigenvalue weighted by molar-refractivity contribution is 5.68. The Morgan fingerprint density at radius 1 is 1.32 bits per heavy atom. The summed E-state index contributed by atoms with van der Waals surface area (Å²) >= 11 is 0. The van der Waals surface area contributed by atoms with Crippen molar-refractivity contribution in [1.82, 2.24) is 9.80 Å². The molecule has 1 spiro atoms. The zero-order valence-corrected chi connectivity index (χ0v) is 12.6. The fraction of sp³-hybridized carbons (Fsp3) is 0.929. The number of nitrogens with zero attached hydrogens (tertiary/aromatic N) is 2. The number of nitrogens with two attached hydrogens (primary N) is 1. The molecule has 0 aromatic heterocycles. The lowest BCUT2D eigenvalue weighted by Gasteiger charge is -2.40. The molecule has 2 rings (SSSR count). The largest absolute Gasteiger partial charge is 0.444 e. The number of hydrogen-bond acceptors (Lipinski definition) is 4. The minimum Gasteiger partial charge on any atom is -0.444 e. The van der Waals surface area contributed by atoms with Crippen molar-refractivity contribution in [2.75, 3.05) is 33.2 Å². The maximum atomic E-state index is 12.1. The topological polar surface area (TPSA) is 58.8 Å². The third-order valence-corrected chi connectivity index (χ3v) is 4.34. The molecule has 1 atom stereocenters. The van der Waals surface area contributed by atoms with Gasteiger partial charge in [0.1, 0.15) is 5.60 Å². The average Bonchev–Trinajstić information content (AvgIpc) is 2.59. The summed E-state index contributed by atoms with van der Waals surface area (Å²) in [5, 5.41) is 0. The molecule has 2 aliphatic heterocycles. The van der Waals surface area contributed by atoms with Crippen LogP contribution in [-0.2, 0) is 4.74 Å². The lowest BCUT2D eigenvalue weighted by molar-refractivity contribution is 0.0252. The van der Waals surface area contributed by atoms with Gasteiger partial charge in [-0.1, -0.05) is 0 Å². The number of amides is 1. The molecule has 2 fully saturated rings. The van der Waals surface area contributed by atoms with Crippen LogP contribution in [0.15, 0.2) is 0 Å². The van der Waals surface area contributed by atoms with Crippen LogP contribution in [0.1, 0.15) is 33.6 Å². The predicted octanol–water partition coefficient (Wildman–Crippen LogP) is 1.28. The highest BCUT2D eigenvalue weighted by Gasteiger charge is 2.48. The van der Waals surface area contributed by atoms with Crippen LogP contribution >= 0.6 is 0 Å². The molecule has 0 aromatic rings. The van der Waals surface area contributed by atoms with Crippen molar-refractivity contribution in [3.63, 3.8) is 0 Å². The van der Waals surface area contributed by atoms with Crippen LogP contribution in [-0.4, -0.2) is 60.8 Å². The van der Waals surface area contributed by atoms with Gasteiger partial charge in [-0.3, -0.25) is 0 Å². The van der Waals surface area contributed by atoms with E-state index in [2.05, 4.69) is 11.9 Å². The van der Waals surface area contributed by atoms with Crippen LogP contribution in [0.2, 0.25) is 0 Å². The molecular weight excluding hydrogens is 242 g/mol. The summed E-state index contributed by atoms with van der Waals surface area (Å²) in [6.45, 7) is 9.19. The molecule has 1 amide bonds. The van der Waals surface area contributed by atoms with Crippen molar-refractivity contribution in [3.05, 3.63) is 0 Å². The van der Waals surface area contributed by atoms with E-state index in [-0.39, 0.29) is 17.6 Å². The van der Waals surface area contributed by atoms with Crippen LogP contribution < -0.4 is 5.73 Å². The van der Waals surface area contributed by atoms with Crippen molar-refractivity contribution < 1.29 is 9.53 Å². The second kappa shape index (κ2) is 4.94. The van der Waals surface area contributed by atoms with Gasteiger partial charge >= 0.3 is 6.09 Å². The third-order valence-electron chi connectivity index (χ3n) is 4.34. The Hall–Kier alpha value is -0.810. The van der Waals surface area contributed by atoms with Gasteiger partial charge in [-0.15, -0.1) is 0 Å². The maximum absolute atomic E-state index is 12.1. The van der Waals surface area contributed by atoms with E-state index in [4.69, 9.17) is 10.5 Å². The summed E-state index contributed by atoms with van der Waals surface area (Å²) < 4.78 is 5.45. The molecule has 0 saturated carbocycles. The zero-order valence-electron chi connectivity index (χ0n) is 12.6. The Morgan fingerprint density at radius 3 is 2.42 bits per heavy atom. The van der Waals surface area contributed by atoms with Gasteiger partial charge in [0, 0.05) is 24.5 Å². The van der Waals surface area contributed by atoms with Crippen molar-refractivity contribution >= 4 is 6.09 Å². The molecule has 0 aliphatic carbocycles. The molecule has 5 heteroatoms. The number of ether oxygens (including phenoxy) is 1. The van der Waals surface area contributed by atoms with Gasteiger partial charge < -0.3 is 20.3 Å². The molecular formula is C14H27N3O2. The summed E-state index contributed by atoms with van der Waals surface area (Å²) in [6.07, 6.45) is 1.92. The van der Waals surface area contributed by atoms with E-state index in [1.807, 2.05) is 20.8 Å². The van der Waals surface area contributed by atoms with E-state index in [0.717, 1.165) is 32.5 Å². The molecule has 2 heterocycles. The Labute approximate surface area is 116 Å². The standard InChI is InChI=1S/C14H27N3O2/c1-13(2,3)19-12(18)17-9-11(15)14(10-17)5-7-16(4)8-6-14/h11H,5-10,15H2,1-4H3. The summed E-state index contributed by atoms with van der Waals surface area (Å²) in [6, 6.07) is 0.0775. The number of likely N-dealkylation sites (tertiary alicyclic amines) is 2. The van der Waals surface area contributed by atoms with Crippen LogP contribution in [0.5, 0.6) is 0 Å². The van der Waals surface area contributed by atoms with Gasteiger partial charge in [-0.05, 0) is 53.8 Å². The summed E-state index contributed by atoms with van der Waals surface area (Å²) in [4.78, 5) is 16.3. The first kappa shape index (κ1) is 14.6. The fourth-order valence-electron chi connectivity index (χ4n) is 3.05. The maximum Gasteiger partial charge on any atom is 0.410 e. The first-order valence-electron chi connectivity index (χ1n) is 7.14. The van der Waals surface area contributed by atoms with Crippen molar-refractivity contribution in [1.29, 1.82) is 0 Å². The Balaban J connectivity index is 1.99. The number of carbonyl (C=O) groups is 1. The van der Waals surface area contributed by atoms with Crippen molar-refractivity contribution in [2.45, 2.75) is 45.3 Å². The lowest BCUT2D eigenvalue weighted by Crippen LogP contribution is -2.48. The molecule has 2 saturated heterocycles. The van der Waals surface area contributed by atoms with Crippen molar-refractivity contribution in [2.24, 2.45) is 11.1 Å². The summed E-state index contributed by atoms with van der Waals surface area (Å²) in [7, 11) is 2.14. The summed E-state index contributed by atoms with van der Waals surface area (Å²) in [5.74, 6) is 0. The van der Waals surface area contributed by atoms with Crippen LogP contribution in [0.3, 0.4) is 0 Å². The fourth-order valence-corrected chi connectivity index (χ4v) is 3.05. The minimum atomic E-state index is -0.441. The minimum absolute atomic E-state index is 0.0775. The Bertz CT molecular complexity index is 343. The zero-order chi connectivity index (χ0) is 14.3. The molecule has 0 aromatic carbocycles. The molecule has 2 aliphatic rings. The van der Waals surface area contributed by atoms with Gasteiger partial charge in [0.2, 0.25) is 0 Å². The monoisotopic (exact) mass is 269 g/mol. The molecule has 0 radical (unpaired) electrons. The van der Waals surface area contributed by atoms with Gasteiger partial charge in [-0.25, -0.2) is 4.79 Å². The van der Waals surface area contributed by atoms with Crippen LogP contribution in [0.4, 0.5) is 4.79 Å². The number of hydrogen-bond donors (Lipinski definition) is 1. The van der Waals surface area contributed by atoms with E-state index < -0.39 is 5.60 Å². The third kappa shape index (κ3) is 3.20. The van der Waals surface area contributed by atoms with E-state index >= 15 is 0 Å². The van der Waals surface area contributed by atoms with Gasteiger partial charge in [0.25, 0.3) is 0 Å². The second-order valence-electron chi connectivity index (χ2n) is 7.13. The van der Waals surface area contributed by atoms with E-state index in [0.29, 0.717) is 6.54 Å². The number of rotatable bonds is 0. The van der Waals surface area contributed by atoms with E-state index in [1.54, 1.807) is 4.90 Å². The van der Waals surface area contributed by atoms with Gasteiger partial charge in [0.15, 0.2) is 0 Å².